The SMILES string of the molecule is CCON1C(=O)C(Br)(C=C=O)CCc2ccccc21. The van der Waals surface area contributed by atoms with Gasteiger partial charge in [0.05, 0.1) is 12.3 Å². The van der Waals surface area contributed by atoms with E-state index in [9.17, 15) is 9.59 Å². The van der Waals surface area contributed by atoms with E-state index in [1.807, 2.05) is 31.2 Å². The topological polar surface area (TPSA) is 46.6 Å². The van der Waals surface area contributed by atoms with Gasteiger partial charge in [0.1, 0.15) is 10.3 Å². The molecule has 0 N–H and O–H groups in total. The molecule has 19 heavy (non-hydrogen) atoms. The van der Waals surface area contributed by atoms with Crippen LogP contribution >= 0.6 is 15.9 Å². The maximum Gasteiger partial charge on any atom is 0.272 e. The summed E-state index contributed by atoms with van der Waals surface area (Å²) in [7, 11) is 0. The zero-order valence-electron chi connectivity index (χ0n) is 10.6. The van der Waals surface area contributed by atoms with E-state index >= 15 is 0 Å². The minimum atomic E-state index is -1.05. The predicted octanol–water partition coefficient (Wildman–Crippen LogP) is 2.44. The fourth-order valence-electron chi connectivity index (χ4n) is 2.11. The third-order valence-electron chi connectivity index (χ3n) is 3.05. The van der Waals surface area contributed by atoms with Gasteiger partial charge < -0.3 is 0 Å². The quantitative estimate of drug-likeness (QED) is 0.634. The van der Waals surface area contributed by atoms with Crippen molar-refractivity contribution in [3.05, 3.63) is 35.9 Å². The molecule has 0 radical (unpaired) electrons. The Kier molecular flexibility index (Phi) is 4.20. The molecule has 1 atom stereocenters. The Bertz CT molecular complexity index is 539. The van der Waals surface area contributed by atoms with Crippen LogP contribution in [0.4, 0.5) is 5.69 Å². The van der Waals surface area contributed by atoms with Gasteiger partial charge in [0.25, 0.3) is 5.91 Å². The molecule has 5 heteroatoms. The Morgan fingerprint density at radius 3 is 2.95 bits per heavy atom. The van der Waals surface area contributed by atoms with Crippen molar-refractivity contribution in [3.63, 3.8) is 0 Å². The van der Waals surface area contributed by atoms with Gasteiger partial charge in [-0.2, -0.15) is 5.06 Å². The van der Waals surface area contributed by atoms with Crippen molar-refractivity contribution in [2.24, 2.45) is 0 Å². The first kappa shape index (κ1) is 14.0. The van der Waals surface area contributed by atoms with E-state index in [2.05, 4.69) is 15.9 Å². The number of hydroxylamine groups is 1. The van der Waals surface area contributed by atoms with Crippen molar-refractivity contribution in [2.45, 2.75) is 24.1 Å². The van der Waals surface area contributed by atoms with Crippen molar-refractivity contribution in [2.75, 3.05) is 11.7 Å². The van der Waals surface area contributed by atoms with Gasteiger partial charge in [-0.1, -0.05) is 34.1 Å². The molecule has 0 fully saturated rings. The first-order chi connectivity index (χ1) is 9.12. The second-order valence-corrected chi connectivity index (χ2v) is 5.69. The lowest BCUT2D eigenvalue weighted by Gasteiger charge is -2.26. The highest BCUT2D eigenvalue weighted by atomic mass is 79.9. The van der Waals surface area contributed by atoms with E-state index in [0.29, 0.717) is 19.4 Å². The molecule has 1 aliphatic heterocycles. The van der Waals surface area contributed by atoms with E-state index in [-0.39, 0.29) is 5.91 Å². The minimum Gasteiger partial charge on any atom is -0.270 e. The zero-order valence-corrected chi connectivity index (χ0v) is 12.1. The Hall–Kier alpha value is -1.42. The van der Waals surface area contributed by atoms with Crippen LogP contribution in [-0.4, -0.2) is 22.8 Å². The van der Waals surface area contributed by atoms with Crippen LogP contribution in [0.25, 0.3) is 0 Å². The number of fused-ring (bicyclic) bond motifs is 1. The van der Waals surface area contributed by atoms with Crippen LogP contribution in [0.5, 0.6) is 0 Å². The molecule has 100 valence electrons. The van der Waals surface area contributed by atoms with Gasteiger partial charge >= 0.3 is 0 Å². The summed E-state index contributed by atoms with van der Waals surface area (Å²) >= 11 is 3.35. The van der Waals surface area contributed by atoms with Crippen LogP contribution in [0, 0.1) is 0 Å². The number of anilines is 1. The monoisotopic (exact) mass is 323 g/mol. The lowest BCUT2D eigenvalue weighted by molar-refractivity contribution is -0.126. The van der Waals surface area contributed by atoms with Gasteiger partial charge in [-0.25, -0.2) is 4.79 Å². The molecule has 1 aromatic rings. The molecule has 0 aliphatic carbocycles. The van der Waals surface area contributed by atoms with Gasteiger partial charge in [0.2, 0.25) is 0 Å². The first-order valence-corrected chi connectivity index (χ1v) is 6.88. The average Bonchev–Trinajstić information content (AvgIpc) is 2.51. The number of halogens is 1. The number of benzene rings is 1. The molecule has 0 spiro atoms. The molecule has 4 nitrogen and oxygen atoms in total. The van der Waals surface area contributed by atoms with Crippen LogP contribution in [0.3, 0.4) is 0 Å². The van der Waals surface area contributed by atoms with Crippen molar-refractivity contribution in [1.29, 1.82) is 0 Å². The number of alkyl halides is 1. The number of nitrogens with zero attached hydrogens (tertiary/aromatic N) is 1. The third kappa shape index (κ3) is 2.63. The highest BCUT2D eigenvalue weighted by Gasteiger charge is 2.41. The van der Waals surface area contributed by atoms with Gasteiger partial charge in [0, 0.05) is 6.08 Å². The second-order valence-electron chi connectivity index (χ2n) is 4.27. The molecule has 1 heterocycles. The Balaban J connectivity index is 2.50. The van der Waals surface area contributed by atoms with E-state index in [4.69, 9.17) is 4.84 Å². The summed E-state index contributed by atoms with van der Waals surface area (Å²) in [6.07, 6.45) is 2.38. The number of carbonyl (C=O) groups excluding carboxylic acids is 2. The Morgan fingerprint density at radius 1 is 1.53 bits per heavy atom. The molecule has 2 rings (SSSR count). The molecule has 1 amide bonds. The van der Waals surface area contributed by atoms with E-state index < -0.39 is 4.32 Å². The van der Waals surface area contributed by atoms with E-state index in [1.54, 1.807) is 5.94 Å². The van der Waals surface area contributed by atoms with Gasteiger partial charge in [-0.3, -0.25) is 9.63 Å². The fraction of sp³-hybridized carbons (Fsp3) is 0.357. The largest absolute Gasteiger partial charge is 0.272 e. The van der Waals surface area contributed by atoms with E-state index in [0.717, 1.165) is 11.3 Å². The van der Waals surface area contributed by atoms with Crippen LogP contribution < -0.4 is 5.06 Å². The number of para-hydroxylation sites is 1. The van der Waals surface area contributed by atoms with Gasteiger partial charge in [-0.05, 0) is 31.4 Å². The maximum atomic E-state index is 12.6. The summed E-state index contributed by atoms with van der Waals surface area (Å²) in [5, 5.41) is 1.27. The summed E-state index contributed by atoms with van der Waals surface area (Å²) in [6.45, 7) is 2.18. The molecule has 1 unspecified atom stereocenters. The van der Waals surface area contributed by atoms with Gasteiger partial charge in [0.15, 0.2) is 0 Å². The molecular weight excluding hydrogens is 310 g/mol. The molecule has 0 bridgehead atoms. The number of aryl methyl sites for hydroxylation is 1. The van der Waals surface area contributed by atoms with Crippen LogP contribution in [-0.2, 0) is 20.8 Å². The van der Waals surface area contributed by atoms with E-state index in [1.165, 1.54) is 11.1 Å². The van der Waals surface area contributed by atoms with Crippen molar-refractivity contribution < 1.29 is 14.4 Å². The van der Waals surface area contributed by atoms with Crippen LogP contribution in [0.2, 0.25) is 0 Å². The third-order valence-corrected chi connectivity index (χ3v) is 4.02. The number of carbonyl (C=O) groups is 1. The molecule has 0 saturated heterocycles. The van der Waals surface area contributed by atoms with Crippen molar-refractivity contribution >= 4 is 33.5 Å². The van der Waals surface area contributed by atoms with Crippen LogP contribution in [0.15, 0.2) is 30.3 Å². The molecule has 1 aliphatic rings. The standard InChI is InChI=1S/C14H14BrNO3/c1-2-19-16-12-6-4-3-5-11(12)7-8-14(15,9-10-17)13(16)18/h3-6,9H,2,7-8H2,1H3. The normalized spacial score (nSPS) is 22.4. The highest BCUT2D eigenvalue weighted by Crippen LogP contribution is 2.36. The number of hydrogen-bond donors (Lipinski definition) is 0. The smallest absolute Gasteiger partial charge is 0.270 e. The first-order valence-electron chi connectivity index (χ1n) is 6.08. The maximum absolute atomic E-state index is 12.6. The number of amides is 1. The fourth-order valence-corrected chi connectivity index (χ4v) is 2.56. The second kappa shape index (κ2) is 5.70. The summed E-state index contributed by atoms with van der Waals surface area (Å²) in [5.41, 5.74) is 1.75. The minimum absolute atomic E-state index is 0.303. The zero-order chi connectivity index (χ0) is 13.9. The van der Waals surface area contributed by atoms with Gasteiger partial charge in [-0.15, -0.1) is 0 Å². The lowest BCUT2D eigenvalue weighted by Crippen LogP contribution is -2.43. The molecule has 0 saturated carbocycles. The Labute approximate surface area is 120 Å². The predicted molar refractivity (Wildman–Crippen MR) is 75.8 cm³/mol. The summed E-state index contributed by atoms with van der Waals surface area (Å²) < 4.78 is -1.05. The average molecular weight is 324 g/mol. The summed E-state index contributed by atoms with van der Waals surface area (Å²) in [6, 6.07) is 7.57. The summed E-state index contributed by atoms with van der Waals surface area (Å²) in [4.78, 5) is 28.7. The molecular formula is C14H14BrNO3. The van der Waals surface area contributed by atoms with Crippen molar-refractivity contribution in [1.82, 2.24) is 0 Å². The Morgan fingerprint density at radius 2 is 2.26 bits per heavy atom. The highest BCUT2D eigenvalue weighted by molar-refractivity contribution is 9.10. The summed E-state index contributed by atoms with van der Waals surface area (Å²) in [5.74, 6) is 1.40. The number of hydrogen-bond acceptors (Lipinski definition) is 3. The molecule has 0 aromatic heterocycles. The number of rotatable bonds is 3. The lowest BCUT2D eigenvalue weighted by atomic mass is 10.0. The van der Waals surface area contributed by atoms with Crippen LogP contribution in [0.1, 0.15) is 18.9 Å². The molecule has 1 aromatic carbocycles. The van der Waals surface area contributed by atoms with Crippen molar-refractivity contribution in [3.8, 4) is 0 Å².